The Morgan fingerprint density at radius 2 is 1.85 bits per heavy atom. The van der Waals surface area contributed by atoms with Crippen LogP contribution in [0.5, 0.6) is 0 Å². The highest BCUT2D eigenvalue weighted by molar-refractivity contribution is 8.00. The Kier molecular flexibility index (Phi) is 4.30. The number of fused-ring (bicyclic) bond motifs is 1. The van der Waals surface area contributed by atoms with E-state index in [-0.39, 0.29) is 11.0 Å². The van der Waals surface area contributed by atoms with Gasteiger partial charge < -0.3 is 4.98 Å². The van der Waals surface area contributed by atoms with Crippen LogP contribution in [0.3, 0.4) is 0 Å². The number of aryl methyl sites for hydroxylation is 1. The number of hydrogen-bond acceptors (Lipinski definition) is 5. The molecule has 0 saturated carbocycles. The van der Waals surface area contributed by atoms with Gasteiger partial charge in [-0.1, -0.05) is 48.2 Å². The number of nitrogens with zero attached hydrogens (tertiary/aromatic N) is 4. The van der Waals surface area contributed by atoms with Gasteiger partial charge in [0.15, 0.2) is 5.78 Å². The summed E-state index contributed by atoms with van der Waals surface area (Å²) in [6.07, 6.45) is 0. The lowest BCUT2D eigenvalue weighted by Crippen LogP contribution is -2.15. The van der Waals surface area contributed by atoms with Gasteiger partial charge in [-0.3, -0.25) is 4.79 Å². The number of Topliss-reactive ketones (excluding diaryl/α,β-unsaturated/α-hetero) is 1. The van der Waals surface area contributed by atoms with Crippen molar-refractivity contribution in [1.29, 1.82) is 0 Å². The van der Waals surface area contributed by atoms with Crippen LogP contribution in [0.1, 0.15) is 23.0 Å². The molecule has 0 spiro atoms. The van der Waals surface area contributed by atoms with E-state index >= 15 is 0 Å². The summed E-state index contributed by atoms with van der Waals surface area (Å²) < 4.78 is 1.65. The molecule has 0 amide bonds. The van der Waals surface area contributed by atoms with Gasteiger partial charge in [0.2, 0.25) is 5.16 Å². The molecule has 0 radical (unpaired) electrons. The maximum Gasteiger partial charge on any atom is 0.214 e. The smallest absolute Gasteiger partial charge is 0.214 e. The molecule has 2 aromatic carbocycles. The van der Waals surface area contributed by atoms with Crippen molar-refractivity contribution >= 4 is 28.4 Å². The van der Waals surface area contributed by atoms with Crippen molar-refractivity contribution in [3.05, 3.63) is 65.9 Å². The number of hydrogen-bond donors (Lipinski definition) is 1. The van der Waals surface area contributed by atoms with Crippen molar-refractivity contribution in [1.82, 2.24) is 25.2 Å². The van der Waals surface area contributed by atoms with Gasteiger partial charge in [0.05, 0.1) is 10.9 Å². The van der Waals surface area contributed by atoms with Gasteiger partial charge in [-0.15, -0.1) is 5.10 Å². The molecule has 0 bridgehead atoms. The number of H-pyrrole nitrogens is 1. The summed E-state index contributed by atoms with van der Waals surface area (Å²) in [6.45, 7) is 3.82. The van der Waals surface area contributed by atoms with E-state index in [9.17, 15) is 4.79 Å². The van der Waals surface area contributed by atoms with Crippen LogP contribution in [-0.4, -0.2) is 36.2 Å². The summed E-state index contributed by atoms with van der Waals surface area (Å²) in [4.78, 5) is 16.4. The second-order valence-corrected chi connectivity index (χ2v) is 7.31. The molecule has 130 valence electrons. The van der Waals surface area contributed by atoms with E-state index in [1.54, 1.807) is 4.68 Å². The Hall–Kier alpha value is -2.93. The second-order valence-electron chi connectivity index (χ2n) is 6.00. The molecule has 6 nitrogen and oxygen atoms in total. The topological polar surface area (TPSA) is 76.5 Å². The molecule has 1 N–H and O–H groups in total. The molecule has 0 saturated heterocycles. The maximum absolute atomic E-state index is 13.1. The molecule has 0 fully saturated rings. The number of thioether (sulfide) groups is 1. The van der Waals surface area contributed by atoms with Gasteiger partial charge in [0.1, 0.15) is 0 Å². The normalized spacial score (nSPS) is 12.4. The van der Waals surface area contributed by atoms with E-state index in [1.807, 2.05) is 68.4 Å². The fraction of sp³-hybridized carbons (Fsp3) is 0.158. The number of aromatic nitrogens is 5. The summed E-state index contributed by atoms with van der Waals surface area (Å²) in [5.74, 6) is 0.0626. The minimum Gasteiger partial charge on any atom is -0.358 e. The quantitative estimate of drug-likeness (QED) is 0.431. The zero-order chi connectivity index (χ0) is 18.1. The SMILES string of the molecule is Cc1[nH]c2ccccc2c1C(=O)[C@@H](C)Sc1nnnn1-c1ccccc1. The van der Waals surface area contributed by atoms with Crippen molar-refractivity contribution in [2.75, 3.05) is 0 Å². The zero-order valence-electron chi connectivity index (χ0n) is 14.4. The van der Waals surface area contributed by atoms with Crippen LogP contribution >= 0.6 is 11.8 Å². The lowest BCUT2D eigenvalue weighted by Gasteiger charge is -2.10. The van der Waals surface area contributed by atoms with Crippen molar-refractivity contribution in [3.8, 4) is 5.69 Å². The van der Waals surface area contributed by atoms with Crippen LogP contribution in [0.25, 0.3) is 16.6 Å². The van der Waals surface area contributed by atoms with Gasteiger partial charge in [0.25, 0.3) is 0 Å². The first-order valence-electron chi connectivity index (χ1n) is 8.27. The highest BCUT2D eigenvalue weighted by Gasteiger charge is 2.24. The molecular formula is C19H17N5OS. The number of carbonyl (C=O) groups excluding carboxylic acids is 1. The Labute approximate surface area is 154 Å². The van der Waals surface area contributed by atoms with Crippen LogP contribution < -0.4 is 0 Å². The molecule has 26 heavy (non-hydrogen) atoms. The number of nitrogens with one attached hydrogen (secondary N) is 1. The lowest BCUT2D eigenvalue weighted by molar-refractivity contribution is 0.0995. The number of benzene rings is 2. The predicted molar refractivity (Wildman–Crippen MR) is 102 cm³/mol. The highest BCUT2D eigenvalue weighted by atomic mass is 32.2. The average Bonchev–Trinajstić information content (AvgIpc) is 3.25. The number of para-hydroxylation sites is 2. The Morgan fingerprint density at radius 1 is 1.12 bits per heavy atom. The molecule has 2 aromatic heterocycles. The van der Waals surface area contributed by atoms with Gasteiger partial charge >= 0.3 is 0 Å². The summed E-state index contributed by atoms with van der Waals surface area (Å²) in [6, 6.07) is 17.5. The van der Waals surface area contributed by atoms with E-state index in [0.29, 0.717) is 5.16 Å². The summed E-state index contributed by atoms with van der Waals surface area (Å²) in [5.41, 5.74) is 3.45. The van der Waals surface area contributed by atoms with Crippen molar-refractivity contribution in [2.45, 2.75) is 24.3 Å². The van der Waals surface area contributed by atoms with Crippen LogP contribution in [-0.2, 0) is 0 Å². The molecule has 4 rings (SSSR count). The van der Waals surface area contributed by atoms with Gasteiger partial charge in [0, 0.05) is 22.2 Å². The molecule has 4 aromatic rings. The van der Waals surface area contributed by atoms with Crippen LogP contribution in [0.15, 0.2) is 59.8 Å². The third-order valence-corrected chi connectivity index (χ3v) is 5.27. The van der Waals surface area contributed by atoms with Crippen LogP contribution in [0, 0.1) is 6.92 Å². The van der Waals surface area contributed by atoms with Gasteiger partial charge in [-0.2, -0.15) is 4.68 Å². The average molecular weight is 363 g/mol. The third-order valence-electron chi connectivity index (χ3n) is 4.23. The van der Waals surface area contributed by atoms with E-state index < -0.39 is 0 Å². The molecule has 0 aliphatic heterocycles. The molecule has 1 atom stereocenters. The largest absolute Gasteiger partial charge is 0.358 e. The molecule has 0 aliphatic carbocycles. The predicted octanol–water partition coefficient (Wildman–Crippen LogP) is 3.82. The van der Waals surface area contributed by atoms with Crippen molar-refractivity contribution in [3.63, 3.8) is 0 Å². The van der Waals surface area contributed by atoms with Gasteiger partial charge in [-0.05, 0) is 42.5 Å². The van der Waals surface area contributed by atoms with Crippen LogP contribution in [0.2, 0.25) is 0 Å². The van der Waals surface area contributed by atoms with E-state index in [0.717, 1.165) is 27.8 Å². The standard InChI is InChI=1S/C19H17N5OS/c1-12-17(15-10-6-7-11-16(15)20-12)18(25)13(2)26-19-21-22-23-24(19)14-8-4-3-5-9-14/h3-11,13,20H,1-2H3/t13-/m1/s1. The van der Waals surface area contributed by atoms with Gasteiger partial charge in [-0.25, -0.2) is 0 Å². The number of aromatic amines is 1. The monoisotopic (exact) mass is 363 g/mol. The van der Waals surface area contributed by atoms with E-state index in [2.05, 4.69) is 20.5 Å². The zero-order valence-corrected chi connectivity index (χ0v) is 15.2. The van der Waals surface area contributed by atoms with E-state index in [4.69, 9.17) is 0 Å². The summed E-state index contributed by atoms with van der Waals surface area (Å²) >= 11 is 1.36. The number of tetrazole rings is 1. The molecule has 2 heterocycles. The van der Waals surface area contributed by atoms with E-state index in [1.165, 1.54) is 11.8 Å². The number of carbonyl (C=O) groups is 1. The number of rotatable bonds is 5. The first-order valence-corrected chi connectivity index (χ1v) is 9.15. The minimum atomic E-state index is -0.318. The number of ketones is 1. The first kappa shape index (κ1) is 16.5. The molecule has 0 aliphatic rings. The van der Waals surface area contributed by atoms with Crippen molar-refractivity contribution < 1.29 is 4.79 Å². The van der Waals surface area contributed by atoms with Crippen molar-refractivity contribution in [2.24, 2.45) is 0 Å². The summed E-state index contributed by atoms with van der Waals surface area (Å²) in [7, 11) is 0. The minimum absolute atomic E-state index is 0.0626. The Morgan fingerprint density at radius 3 is 2.65 bits per heavy atom. The molecular weight excluding hydrogens is 346 g/mol. The second kappa shape index (κ2) is 6.76. The lowest BCUT2D eigenvalue weighted by atomic mass is 10.1. The fourth-order valence-electron chi connectivity index (χ4n) is 2.99. The maximum atomic E-state index is 13.1. The first-order chi connectivity index (χ1) is 12.6. The van der Waals surface area contributed by atoms with Crippen LogP contribution in [0.4, 0.5) is 0 Å². The Balaban J connectivity index is 1.63. The molecule has 0 unspecified atom stereocenters. The summed E-state index contributed by atoms with van der Waals surface area (Å²) in [5, 5.41) is 13.1. The highest BCUT2D eigenvalue weighted by Crippen LogP contribution is 2.29. The fourth-order valence-corrected chi connectivity index (χ4v) is 3.86. The third kappa shape index (κ3) is 2.90. The Bertz CT molecular complexity index is 1070. The molecule has 7 heteroatoms.